The van der Waals surface area contributed by atoms with Gasteiger partial charge in [0.25, 0.3) is 0 Å². The molecule has 1 amide bonds. The number of likely N-dealkylation sites (tertiary alicyclic amines) is 1. The van der Waals surface area contributed by atoms with Gasteiger partial charge in [-0.3, -0.25) is 20.3 Å². The standard InChI is InChI=1S/C32H46N6O3S/c1-4-29(39)38-17-16-37(20-22(38)12-14-33)30-24-11-13-32(19-27(40-3)25-9-5-6-10-28(25)42-32)18-26(24)34-31(35-30)41-21-23-8-7-15-36(23)2/h4-6,9-10,22-24,26-27,30-31,34-35H,1,7-8,11-13,15-21H2,2-3H3/t22?,23?,24?,26?,27?,30?,31?,32-/m1/s1. The molecule has 1 aliphatic carbocycles. The van der Waals surface area contributed by atoms with Crippen LogP contribution in [0.4, 0.5) is 0 Å². The van der Waals surface area contributed by atoms with Gasteiger partial charge in [-0.05, 0) is 69.8 Å². The van der Waals surface area contributed by atoms with Crippen LogP contribution in [0.3, 0.4) is 0 Å². The smallest absolute Gasteiger partial charge is 0.246 e. The molecule has 0 aromatic heterocycles. The minimum Gasteiger partial charge on any atom is -0.377 e. The van der Waals surface area contributed by atoms with E-state index in [-0.39, 0.29) is 41.4 Å². The SMILES string of the molecule is C=CC(=O)N1CCN(C2NC(OCC3CCCN3C)NC3C[C@]4(CCC32)CC(OC)c2ccccc2S4)CC1CC#N. The van der Waals surface area contributed by atoms with Gasteiger partial charge in [0.1, 0.15) is 0 Å². The van der Waals surface area contributed by atoms with Crippen LogP contribution in [0.15, 0.2) is 41.8 Å². The second-order valence-electron chi connectivity index (χ2n) is 12.8. The molecule has 10 heteroatoms. The van der Waals surface area contributed by atoms with Gasteiger partial charge >= 0.3 is 0 Å². The van der Waals surface area contributed by atoms with Gasteiger partial charge in [-0.2, -0.15) is 5.26 Å². The number of nitrogens with one attached hydrogen (secondary N) is 2. The number of ether oxygens (including phenoxy) is 2. The summed E-state index contributed by atoms with van der Waals surface area (Å²) in [6.45, 7) is 7.55. The molecule has 42 heavy (non-hydrogen) atoms. The Hall–Kier alpha value is -1.97. The van der Waals surface area contributed by atoms with Crippen molar-refractivity contribution in [1.82, 2.24) is 25.3 Å². The number of amides is 1. The molecule has 0 bridgehead atoms. The number of nitriles is 1. The van der Waals surface area contributed by atoms with Crippen molar-refractivity contribution in [2.24, 2.45) is 5.92 Å². The Morgan fingerprint density at radius 2 is 2.07 bits per heavy atom. The van der Waals surface area contributed by atoms with Gasteiger partial charge in [-0.15, -0.1) is 11.8 Å². The number of carbonyl (C=O) groups excluding carboxylic acids is 1. The molecule has 9 nitrogen and oxygen atoms in total. The maximum absolute atomic E-state index is 12.6. The number of benzene rings is 1. The number of carbonyl (C=O) groups is 1. The van der Waals surface area contributed by atoms with E-state index < -0.39 is 0 Å². The normalized spacial score (nSPS) is 37.2. The third-order valence-corrected chi connectivity index (χ3v) is 12.0. The molecule has 0 radical (unpaired) electrons. The number of likely N-dealkylation sites (N-methyl/N-ethyl adjacent to an activating group) is 1. The molecular weight excluding hydrogens is 548 g/mol. The summed E-state index contributed by atoms with van der Waals surface area (Å²) >= 11 is 2.05. The molecule has 228 valence electrons. The van der Waals surface area contributed by atoms with Crippen LogP contribution in [0, 0.1) is 17.2 Å². The Morgan fingerprint density at radius 3 is 2.83 bits per heavy atom. The lowest BCUT2D eigenvalue weighted by Crippen LogP contribution is -2.73. The fourth-order valence-electron chi connectivity index (χ4n) is 8.11. The first-order valence-electron chi connectivity index (χ1n) is 15.6. The van der Waals surface area contributed by atoms with E-state index in [1.807, 2.05) is 23.8 Å². The molecule has 1 spiro atoms. The molecule has 1 saturated carbocycles. The van der Waals surface area contributed by atoms with Crippen molar-refractivity contribution >= 4 is 17.7 Å². The zero-order chi connectivity index (χ0) is 29.3. The van der Waals surface area contributed by atoms with Crippen molar-refractivity contribution in [3.05, 3.63) is 42.5 Å². The van der Waals surface area contributed by atoms with Gasteiger partial charge < -0.3 is 19.3 Å². The zero-order valence-corrected chi connectivity index (χ0v) is 25.9. The van der Waals surface area contributed by atoms with Gasteiger partial charge in [0, 0.05) is 54.4 Å². The maximum atomic E-state index is 12.6. The van der Waals surface area contributed by atoms with Crippen LogP contribution in [-0.4, -0.2) is 103 Å². The van der Waals surface area contributed by atoms with Crippen LogP contribution >= 0.6 is 11.8 Å². The Labute approximate surface area is 254 Å². The fourth-order valence-corrected chi connectivity index (χ4v) is 9.75. The van der Waals surface area contributed by atoms with Crippen LogP contribution < -0.4 is 10.6 Å². The Bertz CT molecular complexity index is 1180. The van der Waals surface area contributed by atoms with E-state index in [1.54, 1.807) is 0 Å². The zero-order valence-electron chi connectivity index (χ0n) is 25.0. The number of piperazine rings is 1. The summed E-state index contributed by atoms with van der Waals surface area (Å²) in [6.07, 6.45) is 8.34. The van der Waals surface area contributed by atoms with Crippen molar-refractivity contribution in [2.45, 2.75) is 91.3 Å². The third kappa shape index (κ3) is 6.03. The molecule has 8 atom stereocenters. The second kappa shape index (κ2) is 12.9. The maximum Gasteiger partial charge on any atom is 0.246 e. The Balaban J connectivity index is 1.22. The molecule has 4 fully saturated rings. The number of methoxy groups -OCH3 is 1. The number of hydrogen-bond donors (Lipinski definition) is 2. The molecule has 3 saturated heterocycles. The molecule has 6 rings (SSSR count). The van der Waals surface area contributed by atoms with Crippen molar-refractivity contribution < 1.29 is 14.3 Å². The molecule has 5 aliphatic rings. The Kier molecular flexibility index (Phi) is 9.27. The summed E-state index contributed by atoms with van der Waals surface area (Å²) in [5.41, 5.74) is 1.31. The van der Waals surface area contributed by atoms with E-state index >= 15 is 0 Å². The summed E-state index contributed by atoms with van der Waals surface area (Å²) in [6, 6.07) is 11.6. The predicted molar refractivity (Wildman–Crippen MR) is 163 cm³/mol. The van der Waals surface area contributed by atoms with E-state index in [4.69, 9.17) is 9.47 Å². The van der Waals surface area contributed by atoms with Gasteiger partial charge in [0.15, 0.2) is 6.35 Å². The fraction of sp³-hybridized carbons (Fsp3) is 0.688. The number of fused-ring (bicyclic) bond motifs is 2. The monoisotopic (exact) mass is 594 g/mol. The lowest BCUT2D eigenvalue weighted by molar-refractivity contribution is -0.135. The summed E-state index contributed by atoms with van der Waals surface area (Å²) in [5.74, 6) is 0.308. The van der Waals surface area contributed by atoms with Crippen LogP contribution in [0.25, 0.3) is 0 Å². The largest absolute Gasteiger partial charge is 0.377 e. The van der Waals surface area contributed by atoms with Crippen molar-refractivity contribution in [3.63, 3.8) is 0 Å². The number of thioether (sulfide) groups is 1. The third-order valence-electron chi connectivity index (χ3n) is 10.4. The molecule has 4 heterocycles. The molecule has 4 aliphatic heterocycles. The van der Waals surface area contributed by atoms with Gasteiger partial charge in [-0.1, -0.05) is 24.8 Å². The minimum atomic E-state index is -0.248. The van der Waals surface area contributed by atoms with E-state index in [0.717, 1.165) is 38.8 Å². The Morgan fingerprint density at radius 1 is 1.21 bits per heavy atom. The molecule has 1 aromatic rings. The van der Waals surface area contributed by atoms with E-state index in [0.29, 0.717) is 38.1 Å². The average molecular weight is 595 g/mol. The number of nitrogens with zero attached hydrogens (tertiary/aromatic N) is 4. The lowest BCUT2D eigenvalue weighted by atomic mass is 9.72. The van der Waals surface area contributed by atoms with E-state index in [1.165, 1.54) is 29.4 Å². The van der Waals surface area contributed by atoms with Crippen LogP contribution in [0.5, 0.6) is 0 Å². The molecule has 2 N–H and O–H groups in total. The van der Waals surface area contributed by atoms with Crippen molar-refractivity contribution in [3.8, 4) is 6.07 Å². The number of hydrogen-bond acceptors (Lipinski definition) is 9. The van der Waals surface area contributed by atoms with Gasteiger partial charge in [0.2, 0.25) is 5.91 Å². The predicted octanol–water partition coefficient (Wildman–Crippen LogP) is 3.30. The summed E-state index contributed by atoms with van der Waals surface area (Å²) in [5, 5.41) is 17.3. The molecule has 1 aromatic carbocycles. The molecule has 7 unspecified atom stereocenters. The van der Waals surface area contributed by atoms with E-state index in [2.05, 4.69) is 64.4 Å². The highest BCUT2D eigenvalue weighted by atomic mass is 32.2. The lowest BCUT2D eigenvalue weighted by Gasteiger charge is -2.56. The first kappa shape index (κ1) is 30.1. The first-order chi connectivity index (χ1) is 20.4. The van der Waals surface area contributed by atoms with Crippen molar-refractivity contribution in [1.29, 1.82) is 5.26 Å². The highest BCUT2D eigenvalue weighted by Gasteiger charge is 2.51. The molecular formula is C32H46N6O3S. The van der Waals surface area contributed by atoms with Crippen molar-refractivity contribution in [2.75, 3.05) is 46.9 Å². The highest BCUT2D eigenvalue weighted by molar-refractivity contribution is 8.00. The van der Waals surface area contributed by atoms with Crippen LogP contribution in [0.1, 0.15) is 56.6 Å². The van der Waals surface area contributed by atoms with Crippen LogP contribution in [-0.2, 0) is 14.3 Å². The van der Waals surface area contributed by atoms with Gasteiger partial charge in [-0.25, -0.2) is 0 Å². The minimum absolute atomic E-state index is 0.0881. The first-order valence-corrected chi connectivity index (χ1v) is 16.4. The topological polar surface area (TPSA) is 93.1 Å². The second-order valence-corrected chi connectivity index (χ2v) is 14.3. The van der Waals surface area contributed by atoms with Crippen LogP contribution in [0.2, 0.25) is 0 Å². The highest BCUT2D eigenvalue weighted by Crippen LogP contribution is 2.56. The van der Waals surface area contributed by atoms with E-state index in [9.17, 15) is 10.1 Å². The average Bonchev–Trinajstić information content (AvgIpc) is 3.43. The summed E-state index contributed by atoms with van der Waals surface area (Å²) in [7, 11) is 4.03. The summed E-state index contributed by atoms with van der Waals surface area (Å²) < 4.78 is 12.7. The summed E-state index contributed by atoms with van der Waals surface area (Å²) in [4.78, 5) is 20.6. The van der Waals surface area contributed by atoms with Gasteiger partial charge in [0.05, 0.1) is 37.4 Å². The quantitative estimate of drug-likeness (QED) is 0.462. The number of rotatable bonds is 7.